The van der Waals surface area contributed by atoms with Crippen molar-refractivity contribution in [1.29, 1.82) is 0 Å². The van der Waals surface area contributed by atoms with Crippen molar-refractivity contribution in [2.75, 3.05) is 10.6 Å². The molecule has 2 N–H and O–H groups in total. The molecule has 0 bridgehead atoms. The monoisotopic (exact) mass is 374 g/mol. The van der Waals surface area contributed by atoms with E-state index in [1.807, 2.05) is 0 Å². The fraction of sp³-hybridized carbons (Fsp3) is 0.0714. The summed E-state index contributed by atoms with van der Waals surface area (Å²) in [5, 5.41) is 4.98. The fourth-order valence-corrected chi connectivity index (χ4v) is 2.03. The predicted molar refractivity (Wildman–Crippen MR) is 79.9 cm³/mol. The van der Waals surface area contributed by atoms with Crippen LogP contribution in [0.15, 0.2) is 53.0 Å². The van der Waals surface area contributed by atoms with Gasteiger partial charge in [-0.1, -0.05) is 28.1 Å². The highest BCUT2D eigenvalue weighted by molar-refractivity contribution is 9.10. The standard InChI is InChI=1S/C14H10BrF3N2O2/c15-9-3-1-4-10(7-9)19-13(21)20-11-5-2-6-12(8-11)22-14(16,17)18/h1-8H,(H2,19,20,21). The number of alkyl halides is 3. The van der Waals surface area contributed by atoms with E-state index in [0.717, 1.165) is 16.6 Å². The van der Waals surface area contributed by atoms with Gasteiger partial charge < -0.3 is 15.4 Å². The zero-order valence-electron chi connectivity index (χ0n) is 10.9. The Morgan fingerprint density at radius 3 is 2.18 bits per heavy atom. The maximum absolute atomic E-state index is 12.1. The number of nitrogens with one attached hydrogen (secondary N) is 2. The SMILES string of the molecule is O=C(Nc1cccc(Br)c1)Nc1cccc(OC(F)(F)F)c1. The first-order valence-electron chi connectivity index (χ1n) is 6.01. The van der Waals surface area contributed by atoms with Crippen molar-refractivity contribution in [3.63, 3.8) is 0 Å². The van der Waals surface area contributed by atoms with Gasteiger partial charge in [0.1, 0.15) is 5.75 Å². The largest absolute Gasteiger partial charge is 0.573 e. The third-order valence-electron chi connectivity index (χ3n) is 2.41. The Morgan fingerprint density at radius 1 is 1.00 bits per heavy atom. The van der Waals surface area contributed by atoms with Gasteiger partial charge in [0.25, 0.3) is 0 Å². The minimum Gasteiger partial charge on any atom is -0.406 e. The second-order valence-corrected chi connectivity index (χ2v) is 5.08. The molecule has 2 aromatic rings. The summed E-state index contributed by atoms with van der Waals surface area (Å²) < 4.78 is 41.0. The van der Waals surface area contributed by atoms with Gasteiger partial charge in [0.05, 0.1) is 0 Å². The van der Waals surface area contributed by atoms with Crippen molar-refractivity contribution in [3.05, 3.63) is 53.0 Å². The summed E-state index contributed by atoms with van der Waals surface area (Å²) in [6.07, 6.45) is -4.78. The fourth-order valence-electron chi connectivity index (χ4n) is 1.63. The van der Waals surface area contributed by atoms with E-state index in [4.69, 9.17) is 0 Å². The maximum Gasteiger partial charge on any atom is 0.573 e. The number of halogens is 4. The number of anilines is 2. The number of hydrogen-bond acceptors (Lipinski definition) is 2. The average Bonchev–Trinajstić information content (AvgIpc) is 2.36. The first-order valence-corrected chi connectivity index (χ1v) is 6.80. The molecule has 2 aromatic carbocycles. The van der Waals surface area contributed by atoms with Crippen LogP contribution in [0.25, 0.3) is 0 Å². The van der Waals surface area contributed by atoms with Crippen molar-refractivity contribution < 1.29 is 22.7 Å². The Balaban J connectivity index is 2.01. The van der Waals surface area contributed by atoms with Gasteiger partial charge in [0.15, 0.2) is 0 Å². The number of carbonyl (C=O) groups is 1. The molecule has 0 aliphatic carbocycles. The number of amides is 2. The topological polar surface area (TPSA) is 50.4 Å². The molecule has 22 heavy (non-hydrogen) atoms. The van der Waals surface area contributed by atoms with Gasteiger partial charge >= 0.3 is 12.4 Å². The molecular weight excluding hydrogens is 365 g/mol. The van der Waals surface area contributed by atoms with Crippen LogP contribution in [0.3, 0.4) is 0 Å². The molecule has 0 aromatic heterocycles. The number of carbonyl (C=O) groups excluding carboxylic acids is 1. The molecule has 0 saturated carbocycles. The predicted octanol–water partition coefficient (Wildman–Crippen LogP) is 4.99. The Bertz CT molecular complexity index is 677. The molecule has 0 saturated heterocycles. The maximum atomic E-state index is 12.1. The van der Waals surface area contributed by atoms with E-state index in [1.54, 1.807) is 24.3 Å². The van der Waals surface area contributed by atoms with Crippen LogP contribution in [0.4, 0.5) is 29.3 Å². The molecule has 0 spiro atoms. The minimum atomic E-state index is -4.78. The second kappa shape index (κ2) is 6.69. The van der Waals surface area contributed by atoms with Crippen molar-refractivity contribution in [2.45, 2.75) is 6.36 Å². The van der Waals surface area contributed by atoms with Gasteiger partial charge in [-0.2, -0.15) is 0 Å². The van der Waals surface area contributed by atoms with Crippen LogP contribution in [0.2, 0.25) is 0 Å². The molecule has 0 radical (unpaired) electrons. The Morgan fingerprint density at radius 2 is 1.59 bits per heavy atom. The van der Waals surface area contributed by atoms with Crippen LogP contribution >= 0.6 is 15.9 Å². The lowest BCUT2D eigenvalue weighted by Gasteiger charge is -2.11. The van der Waals surface area contributed by atoms with E-state index < -0.39 is 18.1 Å². The lowest BCUT2D eigenvalue weighted by Crippen LogP contribution is -2.20. The van der Waals surface area contributed by atoms with Crippen LogP contribution in [-0.4, -0.2) is 12.4 Å². The first kappa shape index (κ1) is 16.2. The van der Waals surface area contributed by atoms with Gasteiger partial charge in [0.2, 0.25) is 0 Å². The van der Waals surface area contributed by atoms with E-state index in [2.05, 4.69) is 31.3 Å². The van der Waals surface area contributed by atoms with E-state index in [0.29, 0.717) is 5.69 Å². The Kier molecular flexibility index (Phi) is 4.92. The molecule has 116 valence electrons. The van der Waals surface area contributed by atoms with E-state index in [9.17, 15) is 18.0 Å². The lowest BCUT2D eigenvalue weighted by atomic mass is 10.3. The molecule has 0 aliphatic rings. The summed E-state index contributed by atoms with van der Waals surface area (Å²) in [6.45, 7) is 0. The van der Waals surface area contributed by atoms with Crippen molar-refractivity contribution >= 4 is 33.3 Å². The van der Waals surface area contributed by atoms with Crippen LogP contribution in [-0.2, 0) is 0 Å². The average molecular weight is 375 g/mol. The molecule has 2 rings (SSSR count). The van der Waals surface area contributed by atoms with Gasteiger partial charge in [-0.05, 0) is 30.3 Å². The summed E-state index contributed by atoms with van der Waals surface area (Å²) in [6, 6.07) is 11.3. The van der Waals surface area contributed by atoms with Crippen molar-refractivity contribution in [3.8, 4) is 5.75 Å². The molecular formula is C14H10BrF3N2O2. The zero-order chi connectivity index (χ0) is 16.2. The Labute approximate surface area is 132 Å². The summed E-state index contributed by atoms with van der Waals surface area (Å²) in [7, 11) is 0. The van der Waals surface area contributed by atoms with Crippen molar-refractivity contribution in [1.82, 2.24) is 0 Å². The molecule has 2 amide bonds. The van der Waals surface area contributed by atoms with Gasteiger partial charge in [-0.3, -0.25) is 0 Å². The Hall–Kier alpha value is -2.22. The first-order chi connectivity index (χ1) is 10.3. The third-order valence-corrected chi connectivity index (χ3v) is 2.90. The van der Waals surface area contributed by atoms with Crippen LogP contribution in [0, 0.1) is 0 Å². The molecule has 0 heterocycles. The molecule has 8 heteroatoms. The third kappa shape index (κ3) is 5.28. The van der Waals surface area contributed by atoms with Gasteiger partial charge in [0, 0.05) is 21.9 Å². The number of rotatable bonds is 3. The smallest absolute Gasteiger partial charge is 0.406 e. The summed E-state index contributed by atoms with van der Waals surface area (Å²) >= 11 is 3.26. The number of benzene rings is 2. The number of ether oxygens (including phenoxy) is 1. The van der Waals surface area contributed by atoms with E-state index >= 15 is 0 Å². The molecule has 4 nitrogen and oxygen atoms in total. The highest BCUT2D eigenvalue weighted by Gasteiger charge is 2.31. The van der Waals surface area contributed by atoms with E-state index in [-0.39, 0.29) is 5.69 Å². The van der Waals surface area contributed by atoms with E-state index in [1.165, 1.54) is 12.1 Å². The summed E-state index contributed by atoms with van der Waals surface area (Å²) in [4.78, 5) is 11.8. The molecule has 0 atom stereocenters. The highest BCUT2D eigenvalue weighted by atomic mass is 79.9. The number of urea groups is 1. The van der Waals surface area contributed by atoms with Crippen molar-refractivity contribution in [2.24, 2.45) is 0 Å². The minimum absolute atomic E-state index is 0.175. The summed E-state index contributed by atoms with van der Waals surface area (Å²) in [5.74, 6) is -0.409. The molecule has 0 fully saturated rings. The number of hydrogen-bond donors (Lipinski definition) is 2. The lowest BCUT2D eigenvalue weighted by molar-refractivity contribution is -0.274. The van der Waals surface area contributed by atoms with Crippen LogP contribution in [0.1, 0.15) is 0 Å². The quantitative estimate of drug-likeness (QED) is 0.794. The second-order valence-electron chi connectivity index (χ2n) is 4.17. The van der Waals surface area contributed by atoms with Crippen LogP contribution in [0.5, 0.6) is 5.75 Å². The zero-order valence-corrected chi connectivity index (χ0v) is 12.5. The molecule has 0 unspecified atom stereocenters. The van der Waals surface area contributed by atoms with Crippen LogP contribution < -0.4 is 15.4 Å². The normalized spacial score (nSPS) is 10.9. The van der Waals surface area contributed by atoms with Gasteiger partial charge in [-0.15, -0.1) is 13.2 Å². The molecule has 0 aliphatic heterocycles. The van der Waals surface area contributed by atoms with Gasteiger partial charge in [-0.25, -0.2) is 4.79 Å². The highest BCUT2D eigenvalue weighted by Crippen LogP contribution is 2.25. The summed E-state index contributed by atoms with van der Waals surface area (Å²) in [5.41, 5.74) is 0.712.